The van der Waals surface area contributed by atoms with Gasteiger partial charge in [-0.1, -0.05) is 48.0 Å². The number of para-hydroxylation sites is 1. The third kappa shape index (κ3) is 2.23. The maximum Gasteiger partial charge on any atom is 0.105 e. The quantitative estimate of drug-likeness (QED) is 0.752. The summed E-state index contributed by atoms with van der Waals surface area (Å²) < 4.78 is 0. The molecule has 2 nitrogen and oxygen atoms in total. The number of aliphatic hydroxyl groups is 1. The zero-order valence-electron chi connectivity index (χ0n) is 10.7. The summed E-state index contributed by atoms with van der Waals surface area (Å²) in [6.45, 7) is 2.03. The summed E-state index contributed by atoms with van der Waals surface area (Å²) in [5, 5.41) is 11.6. The Bertz CT molecular complexity index is 716. The largest absolute Gasteiger partial charge is 0.384 e. The van der Waals surface area contributed by atoms with E-state index in [-0.39, 0.29) is 0 Å². The standard InChI is InChI=1S/C17H15NO/c1-12-5-4-6-13(11-12)17(19)15-9-10-18-16-8-3-2-7-14(15)16/h2-11,17,19H,1H3. The normalized spacial score (nSPS) is 12.5. The van der Waals surface area contributed by atoms with E-state index >= 15 is 0 Å². The molecule has 0 radical (unpaired) electrons. The molecular formula is C17H15NO. The predicted octanol–water partition coefficient (Wildman–Crippen LogP) is 3.62. The molecular weight excluding hydrogens is 234 g/mol. The first-order valence-electron chi connectivity index (χ1n) is 6.34. The van der Waals surface area contributed by atoms with E-state index in [1.54, 1.807) is 6.20 Å². The predicted molar refractivity (Wildman–Crippen MR) is 77.0 cm³/mol. The maximum atomic E-state index is 10.6. The Labute approximate surface area is 112 Å². The van der Waals surface area contributed by atoms with Crippen molar-refractivity contribution in [3.63, 3.8) is 0 Å². The molecule has 0 spiro atoms. The van der Waals surface area contributed by atoms with Crippen LogP contribution in [0.2, 0.25) is 0 Å². The number of aromatic nitrogens is 1. The van der Waals surface area contributed by atoms with Crippen LogP contribution >= 0.6 is 0 Å². The molecule has 0 bridgehead atoms. The topological polar surface area (TPSA) is 33.1 Å². The minimum absolute atomic E-state index is 0.618. The van der Waals surface area contributed by atoms with E-state index in [0.29, 0.717) is 0 Å². The molecule has 1 heterocycles. The average molecular weight is 249 g/mol. The van der Waals surface area contributed by atoms with Crippen LogP contribution in [-0.4, -0.2) is 10.1 Å². The number of aryl methyl sites for hydroxylation is 1. The first-order chi connectivity index (χ1) is 9.25. The Kier molecular flexibility index (Phi) is 3.02. The summed E-state index contributed by atoms with van der Waals surface area (Å²) in [6.07, 6.45) is 1.13. The van der Waals surface area contributed by atoms with Gasteiger partial charge in [0.15, 0.2) is 0 Å². The van der Waals surface area contributed by atoms with Crippen LogP contribution in [0.15, 0.2) is 60.8 Å². The molecule has 19 heavy (non-hydrogen) atoms. The van der Waals surface area contributed by atoms with Crippen LogP contribution < -0.4 is 0 Å². The second kappa shape index (κ2) is 4.82. The Hall–Kier alpha value is -2.19. The lowest BCUT2D eigenvalue weighted by molar-refractivity contribution is 0.222. The fourth-order valence-electron chi connectivity index (χ4n) is 2.38. The highest BCUT2D eigenvalue weighted by atomic mass is 16.3. The van der Waals surface area contributed by atoms with E-state index < -0.39 is 6.10 Å². The van der Waals surface area contributed by atoms with Gasteiger partial charge in [0.1, 0.15) is 6.10 Å². The highest BCUT2D eigenvalue weighted by Crippen LogP contribution is 2.28. The Morgan fingerprint density at radius 1 is 1.00 bits per heavy atom. The molecule has 2 aromatic carbocycles. The molecule has 0 fully saturated rings. The van der Waals surface area contributed by atoms with Crippen molar-refractivity contribution in [3.05, 3.63) is 77.5 Å². The zero-order chi connectivity index (χ0) is 13.2. The first kappa shape index (κ1) is 11.9. The molecule has 1 atom stereocenters. The lowest BCUT2D eigenvalue weighted by Crippen LogP contribution is -2.01. The Morgan fingerprint density at radius 3 is 2.68 bits per heavy atom. The van der Waals surface area contributed by atoms with Gasteiger partial charge in [-0.25, -0.2) is 0 Å². The second-order valence-corrected chi connectivity index (χ2v) is 4.73. The zero-order valence-corrected chi connectivity index (χ0v) is 10.7. The van der Waals surface area contributed by atoms with Crippen molar-refractivity contribution in [2.75, 3.05) is 0 Å². The molecule has 0 saturated heterocycles. The molecule has 1 N–H and O–H groups in total. The number of hydrogen-bond donors (Lipinski definition) is 1. The summed E-state index contributed by atoms with van der Waals surface area (Å²) in [5.41, 5.74) is 3.87. The lowest BCUT2D eigenvalue weighted by Gasteiger charge is -2.14. The van der Waals surface area contributed by atoms with Crippen LogP contribution in [0.25, 0.3) is 10.9 Å². The highest BCUT2D eigenvalue weighted by Gasteiger charge is 2.13. The molecule has 94 valence electrons. The summed E-state index contributed by atoms with van der Waals surface area (Å²) in [7, 11) is 0. The van der Waals surface area contributed by atoms with Gasteiger partial charge >= 0.3 is 0 Å². The van der Waals surface area contributed by atoms with Gasteiger partial charge in [0.2, 0.25) is 0 Å². The monoisotopic (exact) mass is 249 g/mol. The smallest absolute Gasteiger partial charge is 0.105 e. The fourth-order valence-corrected chi connectivity index (χ4v) is 2.38. The summed E-state index contributed by atoms with van der Waals surface area (Å²) >= 11 is 0. The molecule has 1 aromatic heterocycles. The Morgan fingerprint density at radius 2 is 1.84 bits per heavy atom. The summed E-state index contributed by atoms with van der Waals surface area (Å²) in [4.78, 5) is 4.32. The summed E-state index contributed by atoms with van der Waals surface area (Å²) in [6, 6.07) is 17.7. The second-order valence-electron chi connectivity index (χ2n) is 4.73. The third-order valence-electron chi connectivity index (χ3n) is 3.34. The molecule has 1 unspecified atom stereocenters. The van der Waals surface area contributed by atoms with Gasteiger partial charge in [-0.3, -0.25) is 4.98 Å². The summed E-state index contributed by atoms with van der Waals surface area (Å²) in [5.74, 6) is 0. The number of pyridine rings is 1. The molecule has 0 aliphatic rings. The van der Waals surface area contributed by atoms with Crippen molar-refractivity contribution in [3.8, 4) is 0 Å². The maximum absolute atomic E-state index is 10.6. The number of aliphatic hydroxyl groups excluding tert-OH is 1. The van der Waals surface area contributed by atoms with Crippen LogP contribution in [0.4, 0.5) is 0 Å². The molecule has 2 heteroatoms. The van der Waals surface area contributed by atoms with Crippen molar-refractivity contribution in [2.45, 2.75) is 13.0 Å². The fraction of sp³-hybridized carbons (Fsp3) is 0.118. The van der Waals surface area contributed by atoms with Crippen LogP contribution in [0.5, 0.6) is 0 Å². The van der Waals surface area contributed by atoms with Gasteiger partial charge in [-0.05, 0) is 30.2 Å². The first-order valence-corrected chi connectivity index (χ1v) is 6.34. The molecule has 0 aliphatic heterocycles. The lowest BCUT2D eigenvalue weighted by atomic mass is 9.97. The highest BCUT2D eigenvalue weighted by molar-refractivity contribution is 5.82. The van der Waals surface area contributed by atoms with Gasteiger partial charge < -0.3 is 5.11 Å². The SMILES string of the molecule is Cc1cccc(C(O)c2ccnc3ccccc23)c1. The Balaban J connectivity index is 2.14. The number of benzene rings is 2. The van der Waals surface area contributed by atoms with Gasteiger partial charge in [-0.2, -0.15) is 0 Å². The number of hydrogen-bond acceptors (Lipinski definition) is 2. The van der Waals surface area contributed by atoms with E-state index in [1.165, 1.54) is 0 Å². The third-order valence-corrected chi connectivity index (χ3v) is 3.34. The van der Waals surface area contributed by atoms with E-state index in [2.05, 4.69) is 4.98 Å². The average Bonchev–Trinajstić information content (AvgIpc) is 2.46. The van der Waals surface area contributed by atoms with Gasteiger partial charge in [0.25, 0.3) is 0 Å². The molecule has 0 amide bonds. The number of fused-ring (bicyclic) bond motifs is 1. The van der Waals surface area contributed by atoms with E-state index in [0.717, 1.165) is 27.6 Å². The van der Waals surface area contributed by atoms with Crippen molar-refractivity contribution in [1.82, 2.24) is 4.98 Å². The van der Waals surface area contributed by atoms with Crippen molar-refractivity contribution < 1.29 is 5.11 Å². The van der Waals surface area contributed by atoms with Gasteiger partial charge in [-0.15, -0.1) is 0 Å². The molecule has 3 aromatic rings. The van der Waals surface area contributed by atoms with E-state index in [9.17, 15) is 5.11 Å². The van der Waals surface area contributed by atoms with Crippen LogP contribution in [0.1, 0.15) is 22.8 Å². The van der Waals surface area contributed by atoms with Crippen LogP contribution in [0, 0.1) is 6.92 Å². The minimum Gasteiger partial charge on any atom is -0.384 e. The van der Waals surface area contributed by atoms with E-state index in [1.807, 2.05) is 61.5 Å². The molecule has 0 aliphatic carbocycles. The van der Waals surface area contributed by atoms with Crippen molar-refractivity contribution >= 4 is 10.9 Å². The van der Waals surface area contributed by atoms with Crippen LogP contribution in [-0.2, 0) is 0 Å². The van der Waals surface area contributed by atoms with Crippen molar-refractivity contribution in [1.29, 1.82) is 0 Å². The van der Waals surface area contributed by atoms with Gasteiger partial charge in [0, 0.05) is 11.6 Å². The molecule has 0 saturated carbocycles. The van der Waals surface area contributed by atoms with Gasteiger partial charge in [0.05, 0.1) is 5.52 Å². The van der Waals surface area contributed by atoms with E-state index in [4.69, 9.17) is 0 Å². The number of rotatable bonds is 2. The van der Waals surface area contributed by atoms with Crippen LogP contribution in [0.3, 0.4) is 0 Å². The number of nitrogens with zero attached hydrogens (tertiary/aromatic N) is 1. The molecule has 3 rings (SSSR count). The minimum atomic E-state index is -0.618. The van der Waals surface area contributed by atoms with Crippen molar-refractivity contribution in [2.24, 2.45) is 0 Å².